The van der Waals surface area contributed by atoms with Gasteiger partial charge in [0.05, 0.1) is 5.75 Å². The van der Waals surface area contributed by atoms with Crippen molar-refractivity contribution in [1.29, 1.82) is 0 Å². The molecule has 2 N–H and O–H groups in total. The SMILES string of the molecule is NS(=O)(=O)CC1CC(=O)N(CCCN2CCCCC2)C1. The van der Waals surface area contributed by atoms with Crippen molar-refractivity contribution in [3.8, 4) is 0 Å². The van der Waals surface area contributed by atoms with Gasteiger partial charge in [0, 0.05) is 25.4 Å². The van der Waals surface area contributed by atoms with E-state index in [1.165, 1.54) is 32.4 Å². The Labute approximate surface area is 121 Å². The van der Waals surface area contributed by atoms with Crippen LogP contribution in [0.3, 0.4) is 0 Å². The fourth-order valence-corrected chi connectivity index (χ4v) is 4.06. The number of carbonyl (C=O) groups excluding carboxylic acids is 1. The molecule has 2 aliphatic rings. The van der Waals surface area contributed by atoms with Crippen LogP contribution in [0.2, 0.25) is 0 Å². The number of carbonyl (C=O) groups is 1. The Kier molecular flexibility index (Phi) is 5.40. The first-order valence-electron chi connectivity index (χ1n) is 7.44. The standard InChI is InChI=1S/C13H25N3O3S/c14-20(18,19)11-12-9-13(17)16(10-12)8-4-7-15-5-2-1-3-6-15/h12H,1-11H2,(H2,14,18,19). The predicted molar refractivity (Wildman–Crippen MR) is 77.6 cm³/mol. The number of piperidine rings is 1. The monoisotopic (exact) mass is 303 g/mol. The molecule has 1 amide bonds. The second-order valence-corrected chi connectivity index (χ2v) is 7.65. The van der Waals surface area contributed by atoms with Crippen LogP contribution < -0.4 is 5.14 Å². The Bertz CT molecular complexity index is 432. The van der Waals surface area contributed by atoms with Crippen molar-refractivity contribution in [2.45, 2.75) is 32.1 Å². The van der Waals surface area contributed by atoms with E-state index in [1.54, 1.807) is 4.90 Å². The summed E-state index contributed by atoms with van der Waals surface area (Å²) in [5.74, 6) is -0.147. The first kappa shape index (κ1) is 15.7. The smallest absolute Gasteiger partial charge is 0.222 e. The molecule has 2 fully saturated rings. The van der Waals surface area contributed by atoms with Gasteiger partial charge in [0.15, 0.2) is 0 Å². The number of primary sulfonamides is 1. The molecule has 2 heterocycles. The third kappa shape index (κ3) is 5.03. The topological polar surface area (TPSA) is 83.7 Å². The highest BCUT2D eigenvalue weighted by Crippen LogP contribution is 2.19. The fourth-order valence-electron chi connectivity index (χ4n) is 3.18. The molecular weight excluding hydrogens is 278 g/mol. The van der Waals surface area contributed by atoms with Gasteiger partial charge in [-0.05, 0) is 38.9 Å². The van der Waals surface area contributed by atoms with Crippen LogP contribution in [0.4, 0.5) is 0 Å². The van der Waals surface area contributed by atoms with Crippen molar-refractivity contribution in [2.24, 2.45) is 11.1 Å². The van der Waals surface area contributed by atoms with Crippen LogP contribution in [0.15, 0.2) is 0 Å². The molecule has 0 aliphatic carbocycles. The summed E-state index contributed by atoms with van der Waals surface area (Å²) >= 11 is 0. The van der Waals surface area contributed by atoms with E-state index in [0.29, 0.717) is 13.0 Å². The van der Waals surface area contributed by atoms with Crippen molar-refractivity contribution in [1.82, 2.24) is 9.80 Å². The van der Waals surface area contributed by atoms with Gasteiger partial charge in [-0.2, -0.15) is 0 Å². The maximum absolute atomic E-state index is 11.8. The van der Waals surface area contributed by atoms with Crippen LogP contribution >= 0.6 is 0 Å². The van der Waals surface area contributed by atoms with Gasteiger partial charge in [-0.1, -0.05) is 6.42 Å². The molecule has 116 valence electrons. The third-order valence-corrected chi connectivity index (χ3v) is 5.05. The van der Waals surface area contributed by atoms with Gasteiger partial charge in [-0.3, -0.25) is 4.79 Å². The molecule has 2 rings (SSSR count). The Morgan fingerprint density at radius 3 is 2.50 bits per heavy atom. The highest BCUT2D eigenvalue weighted by atomic mass is 32.2. The Balaban J connectivity index is 1.69. The number of nitrogens with zero attached hydrogens (tertiary/aromatic N) is 2. The van der Waals surface area contributed by atoms with E-state index < -0.39 is 10.0 Å². The molecule has 1 atom stereocenters. The second kappa shape index (κ2) is 6.87. The summed E-state index contributed by atoms with van der Waals surface area (Å²) in [6.07, 6.45) is 5.17. The van der Waals surface area contributed by atoms with Crippen molar-refractivity contribution in [3.05, 3.63) is 0 Å². The van der Waals surface area contributed by atoms with E-state index in [-0.39, 0.29) is 17.6 Å². The maximum atomic E-state index is 11.8. The van der Waals surface area contributed by atoms with Gasteiger partial charge >= 0.3 is 0 Å². The van der Waals surface area contributed by atoms with Gasteiger partial charge in [0.2, 0.25) is 15.9 Å². The lowest BCUT2D eigenvalue weighted by atomic mass is 10.1. The quantitative estimate of drug-likeness (QED) is 0.748. The first-order chi connectivity index (χ1) is 9.44. The minimum Gasteiger partial charge on any atom is -0.342 e. The summed E-state index contributed by atoms with van der Waals surface area (Å²) in [6.45, 7) is 4.64. The van der Waals surface area contributed by atoms with Crippen molar-refractivity contribution < 1.29 is 13.2 Å². The summed E-state index contributed by atoms with van der Waals surface area (Å²) in [7, 11) is -3.48. The number of sulfonamides is 1. The molecule has 0 aromatic carbocycles. The van der Waals surface area contributed by atoms with E-state index >= 15 is 0 Å². The Hall–Kier alpha value is -0.660. The van der Waals surface area contributed by atoms with Crippen molar-refractivity contribution >= 4 is 15.9 Å². The molecule has 2 aliphatic heterocycles. The molecule has 0 saturated carbocycles. The van der Waals surface area contributed by atoms with Crippen LogP contribution in [-0.4, -0.2) is 62.6 Å². The van der Waals surface area contributed by atoms with Crippen LogP contribution in [0.5, 0.6) is 0 Å². The van der Waals surface area contributed by atoms with Crippen LogP contribution in [0.1, 0.15) is 32.1 Å². The summed E-state index contributed by atoms with van der Waals surface area (Å²) < 4.78 is 22.1. The predicted octanol–water partition coefficient (Wildman–Crippen LogP) is -0.000600. The van der Waals surface area contributed by atoms with Gasteiger partial charge in [0.25, 0.3) is 0 Å². The maximum Gasteiger partial charge on any atom is 0.222 e. The van der Waals surface area contributed by atoms with E-state index in [2.05, 4.69) is 4.90 Å². The molecular formula is C13H25N3O3S. The number of hydrogen-bond donors (Lipinski definition) is 1. The van der Waals surface area contributed by atoms with E-state index in [0.717, 1.165) is 19.5 Å². The van der Waals surface area contributed by atoms with Crippen LogP contribution in [-0.2, 0) is 14.8 Å². The van der Waals surface area contributed by atoms with Gasteiger partial charge in [-0.15, -0.1) is 0 Å². The van der Waals surface area contributed by atoms with E-state index in [9.17, 15) is 13.2 Å². The lowest BCUT2D eigenvalue weighted by Crippen LogP contribution is -2.34. The fraction of sp³-hybridized carbons (Fsp3) is 0.923. The Morgan fingerprint density at radius 2 is 1.85 bits per heavy atom. The highest BCUT2D eigenvalue weighted by Gasteiger charge is 2.31. The number of likely N-dealkylation sites (tertiary alicyclic amines) is 2. The van der Waals surface area contributed by atoms with Gasteiger partial charge < -0.3 is 9.80 Å². The van der Waals surface area contributed by atoms with Crippen molar-refractivity contribution in [3.63, 3.8) is 0 Å². The zero-order valence-corrected chi connectivity index (χ0v) is 12.8. The second-order valence-electron chi connectivity index (χ2n) is 6.00. The summed E-state index contributed by atoms with van der Waals surface area (Å²) in [6, 6.07) is 0. The minimum absolute atomic E-state index is 0.0669. The zero-order chi connectivity index (χ0) is 14.6. The van der Waals surface area contributed by atoms with Gasteiger partial charge in [-0.25, -0.2) is 13.6 Å². The van der Waals surface area contributed by atoms with Crippen LogP contribution in [0, 0.1) is 5.92 Å². The number of nitrogens with two attached hydrogens (primary N) is 1. The first-order valence-corrected chi connectivity index (χ1v) is 9.16. The Morgan fingerprint density at radius 1 is 1.15 bits per heavy atom. The van der Waals surface area contributed by atoms with Gasteiger partial charge in [0.1, 0.15) is 0 Å². The molecule has 0 spiro atoms. The average Bonchev–Trinajstić information content (AvgIpc) is 2.68. The number of hydrogen-bond acceptors (Lipinski definition) is 4. The molecule has 2 saturated heterocycles. The summed E-state index contributed by atoms with van der Waals surface area (Å²) in [4.78, 5) is 16.1. The molecule has 1 unspecified atom stereocenters. The molecule has 7 heteroatoms. The van der Waals surface area contributed by atoms with Crippen molar-refractivity contribution in [2.75, 3.05) is 38.5 Å². The number of rotatable bonds is 6. The molecule has 0 radical (unpaired) electrons. The van der Waals surface area contributed by atoms with E-state index in [1.807, 2.05) is 0 Å². The lowest BCUT2D eigenvalue weighted by molar-refractivity contribution is -0.127. The minimum atomic E-state index is -3.48. The molecule has 20 heavy (non-hydrogen) atoms. The van der Waals surface area contributed by atoms with E-state index in [4.69, 9.17) is 5.14 Å². The third-order valence-electron chi connectivity index (χ3n) is 4.11. The molecule has 0 bridgehead atoms. The summed E-state index contributed by atoms with van der Waals surface area (Å²) in [5, 5.41) is 5.04. The average molecular weight is 303 g/mol. The lowest BCUT2D eigenvalue weighted by Gasteiger charge is -2.27. The molecule has 0 aromatic heterocycles. The number of amides is 1. The molecule has 0 aromatic rings. The van der Waals surface area contributed by atoms with Crippen LogP contribution in [0.25, 0.3) is 0 Å². The summed E-state index contributed by atoms with van der Waals surface area (Å²) in [5.41, 5.74) is 0. The zero-order valence-electron chi connectivity index (χ0n) is 12.0. The normalized spacial score (nSPS) is 25.4. The highest BCUT2D eigenvalue weighted by molar-refractivity contribution is 7.89. The molecule has 6 nitrogen and oxygen atoms in total. The largest absolute Gasteiger partial charge is 0.342 e.